The SMILES string of the molecule is COc1cc(C(C)(CN)CO)cc(OC)c1C. The van der Waals surface area contributed by atoms with Gasteiger partial charge in [0.1, 0.15) is 11.5 Å². The molecule has 0 aliphatic carbocycles. The summed E-state index contributed by atoms with van der Waals surface area (Å²) in [5, 5.41) is 9.47. The van der Waals surface area contributed by atoms with Gasteiger partial charge in [-0.1, -0.05) is 6.92 Å². The average molecular weight is 239 g/mol. The van der Waals surface area contributed by atoms with Crippen molar-refractivity contribution in [3.8, 4) is 11.5 Å². The molecule has 0 radical (unpaired) electrons. The molecule has 1 rings (SSSR count). The summed E-state index contributed by atoms with van der Waals surface area (Å²) < 4.78 is 10.6. The first-order chi connectivity index (χ1) is 8.02. The summed E-state index contributed by atoms with van der Waals surface area (Å²) in [6, 6.07) is 3.81. The van der Waals surface area contributed by atoms with E-state index in [1.807, 2.05) is 26.0 Å². The second kappa shape index (κ2) is 5.38. The molecular formula is C13H21NO3. The van der Waals surface area contributed by atoms with Crippen LogP contribution in [0.4, 0.5) is 0 Å². The van der Waals surface area contributed by atoms with Crippen LogP contribution in [0.2, 0.25) is 0 Å². The molecule has 1 aromatic carbocycles. The van der Waals surface area contributed by atoms with E-state index >= 15 is 0 Å². The Balaban J connectivity index is 3.35. The third-order valence-corrected chi connectivity index (χ3v) is 3.25. The van der Waals surface area contributed by atoms with Gasteiger partial charge in [0.25, 0.3) is 0 Å². The lowest BCUT2D eigenvalue weighted by Crippen LogP contribution is -2.35. The van der Waals surface area contributed by atoms with Crippen LogP contribution in [0.5, 0.6) is 11.5 Å². The molecule has 0 aromatic heterocycles. The first kappa shape index (κ1) is 13.8. The quantitative estimate of drug-likeness (QED) is 0.811. The van der Waals surface area contributed by atoms with Crippen LogP contribution in [0.1, 0.15) is 18.1 Å². The first-order valence-corrected chi connectivity index (χ1v) is 5.56. The molecule has 0 aliphatic heterocycles. The van der Waals surface area contributed by atoms with Gasteiger partial charge in [-0.2, -0.15) is 0 Å². The Kier molecular flexibility index (Phi) is 4.37. The average Bonchev–Trinajstić information content (AvgIpc) is 2.38. The summed E-state index contributed by atoms with van der Waals surface area (Å²) in [7, 11) is 3.23. The molecule has 0 aliphatic rings. The number of benzene rings is 1. The molecule has 1 atom stereocenters. The Morgan fingerprint density at radius 1 is 1.24 bits per heavy atom. The van der Waals surface area contributed by atoms with Crippen molar-refractivity contribution in [1.29, 1.82) is 0 Å². The molecule has 0 saturated carbocycles. The molecule has 0 spiro atoms. The highest BCUT2D eigenvalue weighted by molar-refractivity contribution is 5.49. The third kappa shape index (κ3) is 2.53. The van der Waals surface area contributed by atoms with Crippen molar-refractivity contribution in [2.75, 3.05) is 27.4 Å². The summed E-state index contributed by atoms with van der Waals surface area (Å²) in [6.07, 6.45) is 0. The van der Waals surface area contributed by atoms with Gasteiger partial charge in [0.15, 0.2) is 0 Å². The molecule has 0 amide bonds. The van der Waals surface area contributed by atoms with Crippen LogP contribution >= 0.6 is 0 Å². The topological polar surface area (TPSA) is 64.7 Å². The van der Waals surface area contributed by atoms with Crippen LogP contribution in [-0.4, -0.2) is 32.5 Å². The van der Waals surface area contributed by atoms with Crippen LogP contribution in [0.3, 0.4) is 0 Å². The van der Waals surface area contributed by atoms with Crippen LogP contribution in [0.15, 0.2) is 12.1 Å². The lowest BCUT2D eigenvalue weighted by Gasteiger charge is -2.27. The molecule has 0 saturated heterocycles. The number of hydrogen-bond donors (Lipinski definition) is 2. The number of aliphatic hydroxyl groups excluding tert-OH is 1. The maximum atomic E-state index is 9.47. The van der Waals surface area contributed by atoms with Gasteiger partial charge < -0.3 is 20.3 Å². The van der Waals surface area contributed by atoms with E-state index in [1.54, 1.807) is 14.2 Å². The maximum Gasteiger partial charge on any atom is 0.125 e. The largest absolute Gasteiger partial charge is 0.496 e. The van der Waals surface area contributed by atoms with Gasteiger partial charge in [0.05, 0.1) is 20.8 Å². The van der Waals surface area contributed by atoms with Crippen molar-refractivity contribution >= 4 is 0 Å². The summed E-state index contributed by atoms with van der Waals surface area (Å²) >= 11 is 0. The fraction of sp³-hybridized carbons (Fsp3) is 0.538. The van der Waals surface area contributed by atoms with Crippen LogP contribution in [0, 0.1) is 6.92 Å². The number of rotatable bonds is 5. The Morgan fingerprint density at radius 3 is 2.00 bits per heavy atom. The van der Waals surface area contributed by atoms with Gasteiger partial charge in [0, 0.05) is 17.5 Å². The highest BCUT2D eigenvalue weighted by Crippen LogP contribution is 2.34. The molecule has 0 bridgehead atoms. The Hall–Kier alpha value is -1.26. The minimum Gasteiger partial charge on any atom is -0.496 e. The van der Waals surface area contributed by atoms with Gasteiger partial charge in [-0.25, -0.2) is 0 Å². The predicted molar refractivity (Wildman–Crippen MR) is 67.8 cm³/mol. The zero-order valence-corrected chi connectivity index (χ0v) is 10.9. The highest BCUT2D eigenvalue weighted by atomic mass is 16.5. The Morgan fingerprint density at radius 2 is 1.71 bits per heavy atom. The molecule has 4 nitrogen and oxygen atoms in total. The second-order valence-electron chi connectivity index (χ2n) is 4.43. The molecule has 96 valence electrons. The monoisotopic (exact) mass is 239 g/mol. The lowest BCUT2D eigenvalue weighted by molar-refractivity contribution is 0.209. The number of aliphatic hydroxyl groups is 1. The second-order valence-corrected chi connectivity index (χ2v) is 4.43. The third-order valence-electron chi connectivity index (χ3n) is 3.25. The van der Waals surface area contributed by atoms with Crippen molar-refractivity contribution < 1.29 is 14.6 Å². The minimum atomic E-state index is -0.478. The predicted octanol–water partition coefficient (Wildman–Crippen LogP) is 1.22. The molecule has 0 heterocycles. The van der Waals surface area contributed by atoms with Crippen LogP contribution < -0.4 is 15.2 Å². The van der Waals surface area contributed by atoms with Crippen LogP contribution in [-0.2, 0) is 5.41 Å². The van der Waals surface area contributed by atoms with Gasteiger partial charge in [-0.05, 0) is 24.6 Å². The summed E-state index contributed by atoms with van der Waals surface area (Å²) in [5.74, 6) is 1.49. The Labute approximate surface area is 102 Å². The van der Waals surface area contributed by atoms with Crippen molar-refractivity contribution in [3.63, 3.8) is 0 Å². The standard InChI is InChI=1S/C13H21NO3/c1-9-11(16-3)5-10(6-12(9)17-4)13(2,7-14)8-15/h5-6,15H,7-8,14H2,1-4H3. The molecule has 1 unspecified atom stereocenters. The number of hydrogen-bond acceptors (Lipinski definition) is 4. The Bertz CT molecular complexity index is 361. The van der Waals surface area contributed by atoms with E-state index in [1.165, 1.54) is 0 Å². The molecule has 3 N–H and O–H groups in total. The molecule has 0 fully saturated rings. The van der Waals surface area contributed by atoms with Crippen molar-refractivity contribution in [3.05, 3.63) is 23.3 Å². The van der Waals surface area contributed by atoms with E-state index in [-0.39, 0.29) is 6.61 Å². The molecule has 1 aromatic rings. The smallest absolute Gasteiger partial charge is 0.125 e. The van der Waals surface area contributed by atoms with Crippen molar-refractivity contribution in [2.45, 2.75) is 19.3 Å². The van der Waals surface area contributed by atoms with E-state index < -0.39 is 5.41 Å². The summed E-state index contributed by atoms with van der Waals surface area (Å²) in [6.45, 7) is 4.19. The van der Waals surface area contributed by atoms with Crippen LogP contribution in [0.25, 0.3) is 0 Å². The summed E-state index contributed by atoms with van der Waals surface area (Å²) in [4.78, 5) is 0. The summed E-state index contributed by atoms with van der Waals surface area (Å²) in [5.41, 5.74) is 7.11. The minimum absolute atomic E-state index is 0.0150. The van der Waals surface area contributed by atoms with Gasteiger partial charge >= 0.3 is 0 Å². The normalized spacial score (nSPS) is 14.2. The van der Waals surface area contributed by atoms with E-state index in [0.717, 1.165) is 22.6 Å². The number of ether oxygens (including phenoxy) is 2. The zero-order valence-electron chi connectivity index (χ0n) is 10.9. The fourth-order valence-electron chi connectivity index (χ4n) is 1.71. The van der Waals surface area contributed by atoms with E-state index in [2.05, 4.69) is 0 Å². The van der Waals surface area contributed by atoms with Crippen molar-refractivity contribution in [1.82, 2.24) is 0 Å². The molecule has 17 heavy (non-hydrogen) atoms. The van der Waals surface area contributed by atoms with Crippen molar-refractivity contribution in [2.24, 2.45) is 5.73 Å². The van der Waals surface area contributed by atoms with Gasteiger partial charge in [-0.3, -0.25) is 0 Å². The van der Waals surface area contributed by atoms with E-state index in [9.17, 15) is 5.11 Å². The van der Waals surface area contributed by atoms with Gasteiger partial charge in [-0.15, -0.1) is 0 Å². The fourth-order valence-corrected chi connectivity index (χ4v) is 1.71. The van der Waals surface area contributed by atoms with E-state index in [4.69, 9.17) is 15.2 Å². The highest BCUT2D eigenvalue weighted by Gasteiger charge is 2.26. The molecular weight excluding hydrogens is 218 g/mol. The van der Waals surface area contributed by atoms with E-state index in [0.29, 0.717) is 6.54 Å². The number of methoxy groups -OCH3 is 2. The molecule has 4 heteroatoms. The first-order valence-electron chi connectivity index (χ1n) is 5.56. The lowest BCUT2D eigenvalue weighted by atomic mass is 9.82. The number of nitrogens with two attached hydrogens (primary N) is 1. The maximum absolute atomic E-state index is 9.47. The van der Waals surface area contributed by atoms with Gasteiger partial charge in [0.2, 0.25) is 0 Å². The zero-order chi connectivity index (χ0) is 13.1.